The fraction of sp³-hybridized carbons (Fsp3) is 0.538. The number of hydrogen-bond donors (Lipinski definition) is 2. The van der Waals surface area contributed by atoms with E-state index in [2.05, 4.69) is 5.32 Å². The quantitative estimate of drug-likeness (QED) is 0.765. The molecule has 0 heterocycles. The molecule has 1 aromatic rings. The van der Waals surface area contributed by atoms with Crippen molar-refractivity contribution in [2.24, 2.45) is 0 Å². The molecule has 0 aliphatic carbocycles. The first kappa shape index (κ1) is 14.1. The van der Waals surface area contributed by atoms with Gasteiger partial charge in [-0.15, -0.1) is 0 Å². The van der Waals surface area contributed by atoms with E-state index in [1.165, 1.54) is 12.1 Å². The van der Waals surface area contributed by atoms with Crippen molar-refractivity contribution in [3.63, 3.8) is 0 Å². The Labute approximate surface area is 102 Å². The highest BCUT2D eigenvalue weighted by Gasteiger charge is 2.13. The second kappa shape index (κ2) is 7.37. The third-order valence-corrected chi connectivity index (χ3v) is 2.64. The maximum Gasteiger partial charge on any atom is 0.123 e. The van der Waals surface area contributed by atoms with Crippen molar-refractivity contribution in [1.29, 1.82) is 0 Å². The van der Waals surface area contributed by atoms with Crippen LogP contribution in [0.25, 0.3) is 0 Å². The molecule has 0 fully saturated rings. The molecular formula is C13H20FNO2. The lowest BCUT2D eigenvalue weighted by Crippen LogP contribution is -2.33. The normalized spacial score (nSPS) is 14.6. The van der Waals surface area contributed by atoms with E-state index < -0.39 is 0 Å². The molecule has 0 aromatic heterocycles. The summed E-state index contributed by atoms with van der Waals surface area (Å²) in [4.78, 5) is 0. The van der Waals surface area contributed by atoms with Crippen molar-refractivity contribution >= 4 is 0 Å². The maximum absolute atomic E-state index is 12.8. The monoisotopic (exact) mass is 241 g/mol. The Hall–Kier alpha value is -0.970. The number of ether oxygens (including phenoxy) is 1. The van der Waals surface area contributed by atoms with E-state index in [0.717, 1.165) is 12.0 Å². The van der Waals surface area contributed by atoms with E-state index >= 15 is 0 Å². The van der Waals surface area contributed by atoms with Gasteiger partial charge in [-0.1, -0.05) is 12.1 Å². The second-order valence-electron chi connectivity index (χ2n) is 4.14. The number of nitrogens with one attached hydrogen (secondary N) is 1. The lowest BCUT2D eigenvalue weighted by Gasteiger charge is -2.22. The van der Waals surface area contributed by atoms with Crippen molar-refractivity contribution in [3.05, 3.63) is 35.6 Å². The van der Waals surface area contributed by atoms with Crippen molar-refractivity contribution in [2.45, 2.75) is 25.4 Å². The van der Waals surface area contributed by atoms with Crippen LogP contribution in [0.4, 0.5) is 4.39 Å². The van der Waals surface area contributed by atoms with Gasteiger partial charge >= 0.3 is 0 Å². The number of halogens is 1. The minimum atomic E-state index is -0.241. The third kappa shape index (κ3) is 4.81. The maximum atomic E-state index is 12.8. The molecule has 17 heavy (non-hydrogen) atoms. The molecule has 1 aromatic carbocycles. The van der Waals surface area contributed by atoms with E-state index in [1.807, 2.05) is 6.92 Å². The standard InChI is InChI=1S/C13H20FNO2/c1-10(9-16)15-13(7-8-17-2)11-3-5-12(14)6-4-11/h3-6,10,13,15-16H,7-9H2,1-2H3. The highest BCUT2D eigenvalue weighted by Crippen LogP contribution is 2.18. The van der Waals surface area contributed by atoms with Gasteiger partial charge in [0.15, 0.2) is 0 Å². The summed E-state index contributed by atoms with van der Waals surface area (Å²) in [7, 11) is 1.65. The van der Waals surface area contributed by atoms with Crippen molar-refractivity contribution in [1.82, 2.24) is 5.32 Å². The summed E-state index contributed by atoms with van der Waals surface area (Å²) >= 11 is 0. The largest absolute Gasteiger partial charge is 0.395 e. The number of hydrogen-bond acceptors (Lipinski definition) is 3. The molecule has 4 heteroatoms. The summed E-state index contributed by atoms with van der Waals surface area (Å²) in [6, 6.07) is 6.47. The van der Waals surface area contributed by atoms with Gasteiger partial charge in [-0.3, -0.25) is 0 Å². The predicted molar refractivity (Wildman–Crippen MR) is 65.3 cm³/mol. The average Bonchev–Trinajstić information content (AvgIpc) is 2.35. The Balaban J connectivity index is 2.70. The van der Waals surface area contributed by atoms with Crippen LogP contribution in [0, 0.1) is 5.82 Å². The number of benzene rings is 1. The Bertz CT molecular complexity index is 316. The van der Waals surface area contributed by atoms with Gasteiger partial charge in [0.05, 0.1) is 6.61 Å². The SMILES string of the molecule is COCCC(NC(C)CO)c1ccc(F)cc1. The zero-order valence-electron chi connectivity index (χ0n) is 10.3. The van der Waals surface area contributed by atoms with Crippen LogP contribution < -0.4 is 5.32 Å². The summed E-state index contributed by atoms with van der Waals surface area (Å²) in [6.07, 6.45) is 0.784. The number of aliphatic hydroxyl groups is 1. The zero-order chi connectivity index (χ0) is 12.7. The first-order valence-electron chi connectivity index (χ1n) is 5.78. The van der Waals surface area contributed by atoms with Crippen LogP contribution in [-0.2, 0) is 4.74 Å². The molecule has 96 valence electrons. The molecule has 0 radical (unpaired) electrons. The summed E-state index contributed by atoms with van der Waals surface area (Å²) in [5.74, 6) is -0.241. The molecule has 2 unspecified atom stereocenters. The van der Waals surface area contributed by atoms with Crippen LogP contribution >= 0.6 is 0 Å². The number of aliphatic hydroxyl groups excluding tert-OH is 1. The van der Waals surface area contributed by atoms with Gasteiger partial charge in [0, 0.05) is 25.8 Å². The molecule has 0 bridgehead atoms. The van der Waals surface area contributed by atoms with Crippen molar-refractivity contribution < 1.29 is 14.2 Å². The molecule has 2 atom stereocenters. The van der Waals surface area contributed by atoms with Crippen molar-refractivity contribution in [2.75, 3.05) is 20.3 Å². The van der Waals surface area contributed by atoms with Crippen LogP contribution in [0.15, 0.2) is 24.3 Å². The third-order valence-electron chi connectivity index (χ3n) is 2.64. The van der Waals surface area contributed by atoms with Crippen molar-refractivity contribution in [3.8, 4) is 0 Å². The fourth-order valence-electron chi connectivity index (χ4n) is 1.67. The van der Waals surface area contributed by atoms with Crippen LogP contribution in [0.2, 0.25) is 0 Å². The van der Waals surface area contributed by atoms with Crippen LogP contribution in [0.5, 0.6) is 0 Å². The van der Waals surface area contributed by atoms with E-state index in [9.17, 15) is 4.39 Å². The van der Waals surface area contributed by atoms with Gasteiger partial charge in [-0.25, -0.2) is 4.39 Å². The van der Waals surface area contributed by atoms with Gasteiger partial charge in [-0.2, -0.15) is 0 Å². The smallest absolute Gasteiger partial charge is 0.123 e. The molecular weight excluding hydrogens is 221 g/mol. The topological polar surface area (TPSA) is 41.5 Å². The predicted octanol–water partition coefficient (Wildman–Crippen LogP) is 1.87. The van der Waals surface area contributed by atoms with Gasteiger partial charge in [0.25, 0.3) is 0 Å². The Morgan fingerprint density at radius 3 is 2.53 bits per heavy atom. The number of rotatable bonds is 7. The minimum Gasteiger partial charge on any atom is -0.395 e. The van der Waals surface area contributed by atoms with Crippen LogP contribution in [-0.4, -0.2) is 31.5 Å². The molecule has 1 rings (SSSR count). The molecule has 0 aliphatic rings. The zero-order valence-corrected chi connectivity index (χ0v) is 10.3. The van der Waals surface area contributed by atoms with Gasteiger partial charge in [-0.05, 0) is 31.0 Å². The molecule has 3 nitrogen and oxygen atoms in total. The highest BCUT2D eigenvalue weighted by atomic mass is 19.1. The highest BCUT2D eigenvalue weighted by molar-refractivity contribution is 5.20. The van der Waals surface area contributed by atoms with E-state index in [4.69, 9.17) is 9.84 Å². The molecule has 0 amide bonds. The molecule has 2 N–H and O–H groups in total. The van der Waals surface area contributed by atoms with Crippen LogP contribution in [0.3, 0.4) is 0 Å². The lowest BCUT2D eigenvalue weighted by atomic mass is 10.0. The summed E-state index contributed by atoms with van der Waals surface area (Å²) < 4.78 is 17.9. The molecule has 0 saturated heterocycles. The molecule has 0 aliphatic heterocycles. The second-order valence-corrected chi connectivity index (χ2v) is 4.14. The molecule has 0 saturated carbocycles. The lowest BCUT2D eigenvalue weighted by molar-refractivity contribution is 0.174. The Kier molecular flexibility index (Phi) is 6.11. The van der Waals surface area contributed by atoms with E-state index in [-0.39, 0.29) is 24.5 Å². The minimum absolute atomic E-state index is 0.00177. The fourth-order valence-corrected chi connectivity index (χ4v) is 1.67. The van der Waals surface area contributed by atoms with Gasteiger partial charge in [0.1, 0.15) is 5.82 Å². The van der Waals surface area contributed by atoms with Gasteiger partial charge < -0.3 is 15.2 Å². The number of methoxy groups -OCH3 is 1. The van der Waals surface area contributed by atoms with Gasteiger partial charge in [0.2, 0.25) is 0 Å². The van der Waals surface area contributed by atoms with E-state index in [1.54, 1.807) is 19.2 Å². The van der Waals surface area contributed by atoms with Crippen LogP contribution in [0.1, 0.15) is 24.9 Å². The Morgan fingerprint density at radius 1 is 1.35 bits per heavy atom. The summed E-state index contributed by atoms with van der Waals surface area (Å²) in [5.41, 5.74) is 1.00. The first-order chi connectivity index (χ1) is 8.17. The first-order valence-corrected chi connectivity index (χ1v) is 5.78. The molecule has 0 spiro atoms. The summed E-state index contributed by atoms with van der Waals surface area (Å²) in [5, 5.41) is 12.3. The summed E-state index contributed by atoms with van der Waals surface area (Å²) in [6.45, 7) is 2.60. The Morgan fingerprint density at radius 2 is 2.00 bits per heavy atom. The average molecular weight is 241 g/mol. The van der Waals surface area contributed by atoms with E-state index in [0.29, 0.717) is 6.61 Å².